The molecule has 0 fully saturated rings. The van der Waals surface area contributed by atoms with Crippen LogP contribution >= 0.6 is 0 Å². The van der Waals surface area contributed by atoms with Crippen LogP contribution in [0.3, 0.4) is 0 Å². The summed E-state index contributed by atoms with van der Waals surface area (Å²) < 4.78 is 31.4. The van der Waals surface area contributed by atoms with E-state index in [-0.39, 0.29) is 4.90 Å². The van der Waals surface area contributed by atoms with E-state index in [2.05, 4.69) is 10.0 Å². The zero-order valence-corrected chi connectivity index (χ0v) is 12.6. The molecule has 4 N–H and O–H groups in total. The molecule has 0 radical (unpaired) electrons. The minimum Gasteiger partial charge on any atom is -0.497 e. The lowest BCUT2D eigenvalue weighted by Gasteiger charge is -2.13. The van der Waals surface area contributed by atoms with Crippen molar-refractivity contribution in [1.82, 2.24) is 4.72 Å². The molecular formula is C14H17N3O3S. The van der Waals surface area contributed by atoms with Crippen LogP contribution in [0.4, 0.5) is 17.1 Å². The molecule has 0 aliphatic rings. The van der Waals surface area contributed by atoms with Gasteiger partial charge in [0.2, 0.25) is 10.0 Å². The summed E-state index contributed by atoms with van der Waals surface area (Å²) in [5.41, 5.74) is 7.24. The Morgan fingerprint density at radius 2 is 1.76 bits per heavy atom. The van der Waals surface area contributed by atoms with Crippen molar-refractivity contribution < 1.29 is 13.2 Å². The molecule has 112 valence electrons. The van der Waals surface area contributed by atoms with Crippen LogP contribution in [0.1, 0.15) is 0 Å². The molecule has 0 aromatic heterocycles. The van der Waals surface area contributed by atoms with Crippen molar-refractivity contribution in [3.05, 3.63) is 42.5 Å². The zero-order valence-electron chi connectivity index (χ0n) is 11.8. The summed E-state index contributed by atoms with van der Waals surface area (Å²) in [5.74, 6) is 0.723. The van der Waals surface area contributed by atoms with E-state index >= 15 is 0 Å². The molecule has 2 aromatic carbocycles. The van der Waals surface area contributed by atoms with Crippen molar-refractivity contribution in [2.75, 3.05) is 25.2 Å². The Bertz CT molecular complexity index is 728. The van der Waals surface area contributed by atoms with Crippen LogP contribution in [-0.4, -0.2) is 22.6 Å². The molecule has 0 aliphatic heterocycles. The number of hydrogen-bond acceptors (Lipinski definition) is 5. The van der Waals surface area contributed by atoms with E-state index < -0.39 is 10.0 Å². The van der Waals surface area contributed by atoms with Gasteiger partial charge in [0.1, 0.15) is 10.6 Å². The van der Waals surface area contributed by atoms with Crippen LogP contribution in [0.15, 0.2) is 47.4 Å². The fourth-order valence-corrected chi connectivity index (χ4v) is 2.72. The highest BCUT2D eigenvalue weighted by molar-refractivity contribution is 7.89. The standard InChI is InChI=1S/C14H17N3O3S/c1-16-21(18,19)14-9-10(15)3-8-13(14)17-11-4-6-12(20-2)7-5-11/h3-9,16-17H,15H2,1-2H3. The molecule has 0 saturated heterocycles. The lowest BCUT2D eigenvalue weighted by molar-refractivity contribution is 0.415. The van der Waals surface area contributed by atoms with Crippen LogP contribution in [0.5, 0.6) is 5.75 Å². The molecule has 0 saturated carbocycles. The zero-order chi connectivity index (χ0) is 15.5. The molecular weight excluding hydrogens is 290 g/mol. The van der Waals surface area contributed by atoms with Crippen molar-refractivity contribution in [2.24, 2.45) is 0 Å². The van der Waals surface area contributed by atoms with Crippen LogP contribution < -0.4 is 20.5 Å². The normalized spacial score (nSPS) is 11.1. The second-order valence-corrected chi connectivity index (χ2v) is 6.17. The van der Waals surface area contributed by atoms with Crippen molar-refractivity contribution in [1.29, 1.82) is 0 Å². The number of sulfonamides is 1. The SMILES string of the molecule is CNS(=O)(=O)c1cc(N)ccc1Nc1ccc(OC)cc1. The van der Waals surface area contributed by atoms with Gasteiger partial charge in [-0.25, -0.2) is 13.1 Å². The third-order valence-electron chi connectivity index (χ3n) is 2.93. The van der Waals surface area contributed by atoms with Gasteiger partial charge in [-0.3, -0.25) is 0 Å². The van der Waals surface area contributed by atoms with E-state index in [4.69, 9.17) is 10.5 Å². The Labute approximate surface area is 124 Å². The molecule has 0 amide bonds. The van der Waals surface area contributed by atoms with E-state index in [1.165, 1.54) is 13.1 Å². The molecule has 0 spiro atoms. The number of methoxy groups -OCH3 is 1. The number of rotatable bonds is 5. The van der Waals surface area contributed by atoms with E-state index in [1.54, 1.807) is 43.5 Å². The molecule has 21 heavy (non-hydrogen) atoms. The van der Waals surface area contributed by atoms with Crippen LogP contribution in [0, 0.1) is 0 Å². The van der Waals surface area contributed by atoms with Crippen LogP contribution in [0.25, 0.3) is 0 Å². The number of benzene rings is 2. The third kappa shape index (κ3) is 3.45. The highest BCUT2D eigenvalue weighted by atomic mass is 32.2. The first kappa shape index (κ1) is 15.1. The first-order valence-corrected chi connectivity index (χ1v) is 7.69. The van der Waals surface area contributed by atoms with E-state index in [9.17, 15) is 8.42 Å². The first-order valence-electron chi connectivity index (χ1n) is 6.20. The van der Waals surface area contributed by atoms with Gasteiger partial charge in [-0.15, -0.1) is 0 Å². The Morgan fingerprint density at radius 1 is 1.10 bits per heavy atom. The van der Waals surface area contributed by atoms with Crippen LogP contribution in [-0.2, 0) is 10.0 Å². The Balaban J connectivity index is 2.39. The van der Waals surface area contributed by atoms with Gasteiger partial charge >= 0.3 is 0 Å². The predicted octanol–water partition coefficient (Wildman–Crippen LogP) is 1.93. The minimum atomic E-state index is -3.60. The number of nitrogens with two attached hydrogens (primary N) is 1. The summed E-state index contributed by atoms with van der Waals surface area (Å²) in [6, 6.07) is 11.8. The highest BCUT2D eigenvalue weighted by Crippen LogP contribution is 2.27. The monoisotopic (exact) mass is 307 g/mol. The predicted molar refractivity (Wildman–Crippen MR) is 83.4 cm³/mol. The van der Waals surface area contributed by atoms with Crippen LogP contribution in [0.2, 0.25) is 0 Å². The molecule has 6 nitrogen and oxygen atoms in total. The summed E-state index contributed by atoms with van der Waals surface area (Å²) in [7, 11) is -0.661. The van der Waals surface area contributed by atoms with Crippen molar-refractivity contribution in [3.8, 4) is 5.75 Å². The maximum absolute atomic E-state index is 12.0. The average molecular weight is 307 g/mol. The third-order valence-corrected chi connectivity index (χ3v) is 4.39. The van der Waals surface area contributed by atoms with E-state index in [1.807, 2.05) is 0 Å². The van der Waals surface area contributed by atoms with Crippen molar-refractivity contribution >= 4 is 27.1 Å². The van der Waals surface area contributed by atoms with Gasteiger partial charge in [0.25, 0.3) is 0 Å². The first-order chi connectivity index (χ1) is 9.96. The van der Waals surface area contributed by atoms with Crippen molar-refractivity contribution in [3.63, 3.8) is 0 Å². The number of nitrogen functional groups attached to an aromatic ring is 1. The Morgan fingerprint density at radius 3 is 2.33 bits per heavy atom. The molecule has 0 unspecified atom stereocenters. The fourth-order valence-electron chi connectivity index (χ4n) is 1.80. The van der Waals surface area contributed by atoms with Crippen molar-refractivity contribution in [2.45, 2.75) is 4.90 Å². The largest absolute Gasteiger partial charge is 0.497 e. The number of nitrogens with one attached hydrogen (secondary N) is 2. The molecule has 7 heteroatoms. The molecule has 2 rings (SSSR count). The van der Waals surface area contributed by atoms with Gasteiger partial charge in [0, 0.05) is 11.4 Å². The molecule has 0 atom stereocenters. The van der Waals surface area contributed by atoms with E-state index in [0.29, 0.717) is 11.4 Å². The summed E-state index contributed by atoms with van der Waals surface area (Å²) >= 11 is 0. The number of ether oxygens (including phenoxy) is 1. The maximum atomic E-state index is 12.0. The molecule has 0 bridgehead atoms. The fraction of sp³-hybridized carbons (Fsp3) is 0.143. The van der Waals surface area contributed by atoms with Gasteiger partial charge < -0.3 is 15.8 Å². The Hall–Kier alpha value is -2.25. The van der Waals surface area contributed by atoms with Gasteiger partial charge in [-0.05, 0) is 49.5 Å². The lowest BCUT2D eigenvalue weighted by Crippen LogP contribution is -2.20. The average Bonchev–Trinajstić information content (AvgIpc) is 2.49. The molecule has 2 aromatic rings. The number of anilines is 3. The minimum absolute atomic E-state index is 0.0980. The summed E-state index contributed by atoms with van der Waals surface area (Å²) in [4.78, 5) is 0.0980. The van der Waals surface area contributed by atoms with Gasteiger partial charge in [0.05, 0.1) is 12.8 Å². The van der Waals surface area contributed by atoms with Gasteiger partial charge in [0.15, 0.2) is 0 Å². The van der Waals surface area contributed by atoms with Gasteiger partial charge in [-0.1, -0.05) is 0 Å². The summed E-state index contributed by atoms with van der Waals surface area (Å²) in [6.07, 6.45) is 0. The summed E-state index contributed by atoms with van der Waals surface area (Å²) in [5, 5.41) is 3.06. The topological polar surface area (TPSA) is 93.5 Å². The molecule has 0 heterocycles. The maximum Gasteiger partial charge on any atom is 0.242 e. The second-order valence-electron chi connectivity index (χ2n) is 4.32. The number of hydrogen-bond donors (Lipinski definition) is 3. The van der Waals surface area contributed by atoms with Gasteiger partial charge in [-0.2, -0.15) is 0 Å². The summed E-state index contributed by atoms with van der Waals surface area (Å²) in [6.45, 7) is 0. The smallest absolute Gasteiger partial charge is 0.242 e. The molecule has 0 aliphatic carbocycles. The lowest BCUT2D eigenvalue weighted by atomic mass is 10.2. The Kier molecular flexibility index (Phi) is 4.35. The highest BCUT2D eigenvalue weighted by Gasteiger charge is 2.17. The van der Waals surface area contributed by atoms with E-state index in [0.717, 1.165) is 11.4 Å². The second kappa shape index (κ2) is 6.02. The quantitative estimate of drug-likeness (QED) is 0.734.